The molecule has 2 N–H and O–H groups in total. The normalized spacial score (nSPS) is 17.1. The van der Waals surface area contributed by atoms with E-state index in [1.54, 1.807) is 6.33 Å². The summed E-state index contributed by atoms with van der Waals surface area (Å²) in [5.41, 5.74) is 7.65. The minimum absolute atomic E-state index is 0.429. The Morgan fingerprint density at radius 1 is 1.26 bits per heavy atom. The van der Waals surface area contributed by atoms with Crippen LogP contribution in [0.1, 0.15) is 28.2 Å². The largest absolute Gasteiger partial charge is 0.507 e. The third-order valence-corrected chi connectivity index (χ3v) is 5.44. The Kier molecular flexibility index (Phi) is 2.65. The van der Waals surface area contributed by atoms with Gasteiger partial charge < -0.3 is 14.7 Å². The minimum Gasteiger partial charge on any atom is -0.507 e. The Morgan fingerprint density at radius 3 is 3.00 bits per heavy atom. The topological polar surface area (TPSA) is 57.1 Å². The lowest BCUT2D eigenvalue weighted by Crippen LogP contribution is -2.31. The van der Waals surface area contributed by atoms with E-state index in [2.05, 4.69) is 32.4 Å². The van der Waals surface area contributed by atoms with Gasteiger partial charge in [-0.2, -0.15) is 0 Å². The Balaban J connectivity index is 1.57. The van der Waals surface area contributed by atoms with Crippen LogP contribution in [0.2, 0.25) is 0 Å². The summed E-state index contributed by atoms with van der Waals surface area (Å²) < 4.78 is 2.44. The van der Waals surface area contributed by atoms with Crippen molar-refractivity contribution in [3.8, 4) is 5.75 Å². The molecule has 0 spiro atoms. The van der Waals surface area contributed by atoms with E-state index in [0.717, 1.165) is 55.8 Å². The summed E-state index contributed by atoms with van der Waals surface area (Å²) in [4.78, 5) is 10.0. The number of benzene rings is 1. The van der Waals surface area contributed by atoms with Crippen LogP contribution in [0.5, 0.6) is 5.75 Å². The van der Waals surface area contributed by atoms with E-state index < -0.39 is 0 Å². The van der Waals surface area contributed by atoms with Crippen molar-refractivity contribution in [2.24, 2.45) is 0 Å². The molecule has 0 radical (unpaired) electrons. The average Bonchev–Trinajstić information content (AvgIpc) is 3.22. The predicted molar refractivity (Wildman–Crippen MR) is 88.4 cm³/mol. The number of H-pyrrole nitrogens is 1. The van der Waals surface area contributed by atoms with Crippen molar-refractivity contribution < 1.29 is 5.11 Å². The van der Waals surface area contributed by atoms with Crippen molar-refractivity contribution in [1.82, 2.24) is 19.4 Å². The molecule has 0 unspecified atom stereocenters. The molecule has 5 nitrogen and oxygen atoms in total. The molecule has 0 aliphatic carbocycles. The maximum absolute atomic E-state index is 10.4. The molecule has 23 heavy (non-hydrogen) atoms. The standard InChI is InChI=1S/C18H20N4O/c1-11-14(20-10-19-11)9-21-6-5-15-13(8-21)17-16(23)3-2-12-4-7-22(15)18(12)17/h2-3,10,23H,4-9H2,1H3,(H,19,20). The number of aromatic nitrogens is 3. The number of hydrogen-bond donors (Lipinski definition) is 2. The van der Waals surface area contributed by atoms with Gasteiger partial charge in [0.1, 0.15) is 5.75 Å². The lowest BCUT2D eigenvalue weighted by Gasteiger charge is -2.27. The number of phenols is 1. The van der Waals surface area contributed by atoms with E-state index in [4.69, 9.17) is 0 Å². The van der Waals surface area contributed by atoms with Gasteiger partial charge in [0.15, 0.2) is 0 Å². The summed E-state index contributed by atoms with van der Waals surface area (Å²) in [5, 5.41) is 11.5. The number of phenolic OH excluding ortho intramolecular Hbond substituents is 1. The van der Waals surface area contributed by atoms with Gasteiger partial charge in [0.2, 0.25) is 0 Å². The number of hydrogen-bond acceptors (Lipinski definition) is 3. The highest BCUT2D eigenvalue weighted by Crippen LogP contribution is 2.41. The van der Waals surface area contributed by atoms with E-state index in [1.165, 1.54) is 22.3 Å². The lowest BCUT2D eigenvalue weighted by molar-refractivity contribution is 0.240. The molecule has 3 aromatic rings. The van der Waals surface area contributed by atoms with E-state index >= 15 is 0 Å². The highest BCUT2D eigenvalue weighted by atomic mass is 16.3. The molecule has 1 aromatic carbocycles. The third-order valence-electron chi connectivity index (χ3n) is 5.44. The van der Waals surface area contributed by atoms with Gasteiger partial charge in [-0.15, -0.1) is 0 Å². The first-order chi connectivity index (χ1) is 11.2. The van der Waals surface area contributed by atoms with Crippen LogP contribution in [-0.2, 0) is 32.5 Å². The first kappa shape index (κ1) is 13.2. The molecule has 0 atom stereocenters. The summed E-state index contributed by atoms with van der Waals surface area (Å²) in [6, 6.07) is 3.95. The number of aryl methyl sites for hydroxylation is 3. The number of aromatic amines is 1. The molecular formula is C18H20N4O. The molecule has 2 aliphatic rings. The van der Waals surface area contributed by atoms with Crippen LogP contribution in [0.3, 0.4) is 0 Å². The predicted octanol–water partition coefficient (Wildman–Crippen LogP) is 2.49. The van der Waals surface area contributed by atoms with Crippen LogP contribution in [0.15, 0.2) is 18.5 Å². The molecule has 4 heterocycles. The van der Waals surface area contributed by atoms with Crippen LogP contribution in [0.4, 0.5) is 0 Å². The second kappa shape index (κ2) is 4.61. The smallest absolute Gasteiger partial charge is 0.125 e. The fraction of sp³-hybridized carbons (Fsp3) is 0.389. The van der Waals surface area contributed by atoms with Gasteiger partial charge >= 0.3 is 0 Å². The zero-order valence-electron chi connectivity index (χ0n) is 13.3. The molecule has 2 aromatic heterocycles. The highest BCUT2D eigenvalue weighted by Gasteiger charge is 2.29. The SMILES string of the molecule is Cc1[nH]cnc1CN1CCc2c(c3c(O)ccc4c3n2CC4)C1. The van der Waals surface area contributed by atoms with Gasteiger partial charge in [-0.05, 0) is 30.5 Å². The Labute approximate surface area is 134 Å². The second-order valence-electron chi connectivity index (χ2n) is 6.73. The summed E-state index contributed by atoms with van der Waals surface area (Å²) in [6.45, 7) is 5.93. The van der Waals surface area contributed by atoms with Crippen molar-refractivity contribution >= 4 is 10.9 Å². The van der Waals surface area contributed by atoms with Crippen molar-refractivity contribution in [1.29, 1.82) is 0 Å². The van der Waals surface area contributed by atoms with Crippen LogP contribution >= 0.6 is 0 Å². The summed E-state index contributed by atoms with van der Waals surface area (Å²) in [5.74, 6) is 0.429. The van der Waals surface area contributed by atoms with Crippen molar-refractivity contribution in [2.45, 2.75) is 39.4 Å². The fourth-order valence-electron chi connectivity index (χ4n) is 4.27. The Bertz CT molecular complexity index is 921. The molecule has 5 rings (SSSR count). The summed E-state index contributed by atoms with van der Waals surface area (Å²) in [7, 11) is 0. The quantitative estimate of drug-likeness (QED) is 0.765. The van der Waals surface area contributed by atoms with E-state index in [-0.39, 0.29) is 0 Å². The zero-order chi connectivity index (χ0) is 15.6. The van der Waals surface area contributed by atoms with Crippen LogP contribution in [0.25, 0.3) is 10.9 Å². The zero-order valence-corrected chi connectivity index (χ0v) is 13.3. The maximum Gasteiger partial charge on any atom is 0.125 e. The minimum atomic E-state index is 0.429. The Hall–Kier alpha value is -2.27. The summed E-state index contributed by atoms with van der Waals surface area (Å²) in [6.07, 6.45) is 3.91. The third kappa shape index (κ3) is 1.80. The van der Waals surface area contributed by atoms with E-state index in [1.807, 2.05) is 6.07 Å². The van der Waals surface area contributed by atoms with Gasteiger partial charge in [-0.1, -0.05) is 6.07 Å². The number of rotatable bonds is 2. The summed E-state index contributed by atoms with van der Waals surface area (Å²) >= 11 is 0. The van der Waals surface area contributed by atoms with Crippen LogP contribution in [-0.4, -0.2) is 31.1 Å². The van der Waals surface area contributed by atoms with Crippen molar-refractivity contribution in [3.63, 3.8) is 0 Å². The molecule has 0 saturated carbocycles. The number of nitrogens with one attached hydrogen (secondary N) is 1. The number of imidazole rings is 1. The van der Waals surface area contributed by atoms with E-state index in [0.29, 0.717) is 5.75 Å². The van der Waals surface area contributed by atoms with E-state index in [9.17, 15) is 5.11 Å². The monoisotopic (exact) mass is 308 g/mol. The molecular weight excluding hydrogens is 288 g/mol. The number of fused-ring (bicyclic) bond motifs is 3. The molecule has 118 valence electrons. The first-order valence-corrected chi connectivity index (χ1v) is 8.28. The van der Waals surface area contributed by atoms with Crippen molar-refractivity contribution in [3.05, 3.63) is 46.7 Å². The highest BCUT2D eigenvalue weighted by molar-refractivity contribution is 5.94. The van der Waals surface area contributed by atoms with Gasteiger partial charge in [0.05, 0.1) is 17.5 Å². The molecule has 0 saturated heterocycles. The average molecular weight is 308 g/mol. The first-order valence-electron chi connectivity index (χ1n) is 8.28. The number of nitrogens with zero attached hydrogens (tertiary/aromatic N) is 3. The van der Waals surface area contributed by atoms with Gasteiger partial charge in [-0.3, -0.25) is 4.90 Å². The maximum atomic E-state index is 10.4. The van der Waals surface area contributed by atoms with Crippen LogP contribution in [0, 0.1) is 6.92 Å². The molecule has 0 amide bonds. The fourth-order valence-corrected chi connectivity index (χ4v) is 4.27. The van der Waals surface area contributed by atoms with Crippen molar-refractivity contribution in [2.75, 3.05) is 6.54 Å². The van der Waals surface area contributed by atoms with Gasteiger partial charge in [-0.25, -0.2) is 4.98 Å². The lowest BCUT2D eigenvalue weighted by atomic mass is 10.0. The Morgan fingerprint density at radius 2 is 2.17 bits per heavy atom. The van der Waals surface area contributed by atoms with Crippen LogP contribution < -0.4 is 0 Å². The molecule has 5 heteroatoms. The second-order valence-corrected chi connectivity index (χ2v) is 6.73. The molecule has 0 bridgehead atoms. The molecule has 0 fully saturated rings. The van der Waals surface area contributed by atoms with Gasteiger partial charge in [0, 0.05) is 49.4 Å². The number of aromatic hydroxyl groups is 1. The van der Waals surface area contributed by atoms with Gasteiger partial charge in [0.25, 0.3) is 0 Å². The molecule has 2 aliphatic heterocycles.